The summed E-state index contributed by atoms with van der Waals surface area (Å²) in [5.74, 6) is -0.257. The summed E-state index contributed by atoms with van der Waals surface area (Å²) in [7, 11) is 0. The molecule has 0 aliphatic rings. The number of alkyl halides is 3. The molecule has 2 aromatic rings. The van der Waals surface area contributed by atoms with Gasteiger partial charge in [-0.25, -0.2) is 0 Å². The fraction of sp³-hybridized carbons (Fsp3) is 0.188. The van der Waals surface area contributed by atoms with Crippen LogP contribution < -0.4 is 4.74 Å². The molecule has 5 heteroatoms. The number of aryl methyl sites for hydroxylation is 2. The molecule has 0 saturated heterocycles. The maximum absolute atomic E-state index is 12.2. The smallest absolute Gasteiger partial charge is 0.406 e. The molecule has 0 bridgehead atoms. The molecule has 2 nitrogen and oxygen atoms in total. The first-order valence-corrected chi connectivity index (χ1v) is 6.22. The minimum atomic E-state index is -4.71. The van der Waals surface area contributed by atoms with E-state index >= 15 is 0 Å². The molecule has 0 amide bonds. The van der Waals surface area contributed by atoms with Gasteiger partial charge in [0.15, 0.2) is 0 Å². The van der Waals surface area contributed by atoms with Gasteiger partial charge in [0.2, 0.25) is 0 Å². The van der Waals surface area contributed by atoms with Crippen LogP contribution in [0.3, 0.4) is 0 Å². The third kappa shape index (κ3) is 3.84. The van der Waals surface area contributed by atoms with Gasteiger partial charge in [-0.15, -0.1) is 13.2 Å². The number of hydrogen-bond acceptors (Lipinski definition) is 2. The predicted molar refractivity (Wildman–Crippen MR) is 73.4 cm³/mol. The number of carbonyl (C=O) groups excluding carboxylic acids is 1. The quantitative estimate of drug-likeness (QED) is 0.768. The molecule has 2 aromatic carbocycles. The Hall–Kier alpha value is -2.30. The van der Waals surface area contributed by atoms with E-state index in [2.05, 4.69) is 4.74 Å². The van der Waals surface area contributed by atoms with Crippen LogP contribution in [0.15, 0.2) is 36.4 Å². The molecule has 0 radical (unpaired) electrons. The van der Waals surface area contributed by atoms with Crippen molar-refractivity contribution in [3.05, 3.63) is 53.1 Å². The number of rotatable bonds is 3. The standard InChI is InChI=1S/C16H13F3O2/c1-10-5-12(9-20)8-13(6-10)15-4-3-14(7-11(15)2)21-16(17,18)19/h3-9H,1-2H3. The maximum Gasteiger partial charge on any atom is 0.573 e. The lowest BCUT2D eigenvalue weighted by Gasteiger charge is -2.12. The van der Waals surface area contributed by atoms with Crippen LogP contribution >= 0.6 is 0 Å². The molecule has 0 N–H and O–H groups in total. The summed E-state index contributed by atoms with van der Waals surface area (Å²) in [6.07, 6.45) is -3.96. The first-order chi connectivity index (χ1) is 9.78. The van der Waals surface area contributed by atoms with Crippen LogP contribution in [0.5, 0.6) is 5.75 Å². The predicted octanol–water partition coefficient (Wildman–Crippen LogP) is 4.68. The zero-order valence-corrected chi connectivity index (χ0v) is 11.5. The summed E-state index contributed by atoms with van der Waals surface area (Å²) in [5.41, 5.74) is 3.62. The van der Waals surface area contributed by atoms with E-state index in [9.17, 15) is 18.0 Å². The van der Waals surface area contributed by atoms with Crippen LogP contribution in [-0.2, 0) is 0 Å². The van der Waals surface area contributed by atoms with Crippen molar-refractivity contribution in [2.75, 3.05) is 0 Å². The van der Waals surface area contributed by atoms with Gasteiger partial charge in [-0.2, -0.15) is 0 Å². The van der Waals surface area contributed by atoms with Crippen LogP contribution in [0.1, 0.15) is 21.5 Å². The van der Waals surface area contributed by atoms with Gasteiger partial charge >= 0.3 is 6.36 Å². The molecule has 0 fully saturated rings. The second kappa shape index (κ2) is 5.60. The molecule has 0 aliphatic heterocycles. The minimum absolute atomic E-state index is 0.257. The van der Waals surface area contributed by atoms with Crippen LogP contribution in [0.25, 0.3) is 11.1 Å². The van der Waals surface area contributed by atoms with Crippen LogP contribution in [0.2, 0.25) is 0 Å². The Labute approximate surface area is 120 Å². The van der Waals surface area contributed by atoms with Crippen molar-refractivity contribution in [1.82, 2.24) is 0 Å². The van der Waals surface area contributed by atoms with E-state index in [1.165, 1.54) is 12.1 Å². The number of ether oxygens (including phenoxy) is 1. The average molecular weight is 294 g/mol. The van der Waals surface area contributed by atoms with E-state index in [1.54, 1.807) is 25.1 Å². The summed E-state index contributed by atoms with van der Waals surface area (Å²) in [4.78, 5) is 10.9. The van der Waals surface area contributed by atoms with Crippen molar-refractivity contribution in [1.29, 1.82) is 0 Å². The van der Waals surface area contributed by atoms with Gasteiger partial charge < -0.3 is 4.74 Å². The summed E-state index contributed by atoms with van der Waals surface area (Å²) in [6, 6.07) is 9.46. The van der Waals surface area contributed by atoms with Crippen molar-refractivity contribution in [2.45, 2.75) is 20.2 Å². The lowest BCUT2D eigenvalue weighted by Crippen LogP contribution is -2.17. The summed E-state index contributed by atoms with van der Waals surface area (Å²) in [6.45, 7) is 3.55. The van der Waals surface area contributed by atoms with E-state index in [0.717, 1.165) is 23.0 Å². The van der Waals surface area contributed by atoms with Crippen molar-refractivity contribution in [2.24, 2.45) is 0 Å². The van der Waals surface area contributed by atoms with Gasteiger partial charge in [-0.05, 0) is 60.4 Å². The number of aldehydes is 1. The first-order valence-electron chi connectivity index (χ1n) is 6.22. The number of halogens is 3. The van der Waals surface area contributed by atoms with Crippen molar-refractivity contribution in [3.63, 3.8) is 0 Å². The molecule has 21 heavy (non-hydrogen) atoms. The Balaban J connectivity index is 2.41. The van der Waals surface area contributed by atoms with Crippen molar-refractivity contribution in [3.8, 4) is 16.9 Å². The SMILES string of the molecule is Cc1cc(C=O)cc(-c2ccc(OC(F)(F)F)cc2C)c1. The lowest BCUT2D eigenvalue weighted by molar-refractivity contribution is -0.274. The molecular formula is C16H13F3O2. The van der Waals surface area contributed by atoms with E-state index in [-0.39, 0.29) is 5.75 Å². The molecule has 0 atom stereocenters. The van der Waals surface area contributed by atoms with E-state index in [1.807, 2.05) is 13.0 Å². The zero-order chi connectivity index (χ0) is 15.6. The molecule has 0 aliphatic carbocycles. The van der Waals surface area contributed by atoms with Crippen LogP contribution in [0.4, 0.5) is 13.2 Å². The normalized spacial score (nSPS) is 11.3. The summed E-state index contributed by atoms with van der Waals surface area (Å²) < 4.78 is 40.4. The molecule has 0 aromatic heterocycles. The Morgan fingerprint density at radius 3 is 2.33 bits per heavy atom. The largest absolute Gasteiger partial charge is 0.573 e. The highest BCUT2D eigenvalue weighted by molar-refractivity contribution is 5.80. The molecule has 0 saturated carbocycles. The molecule has 0 spiro atoms. The Bertz CT molecular complexity index is 676. The highest BCUT2D eigenvalue weighted by Gasteiger charge is 2.31. The Kier molecular flexibility index (Phi) is 4.02. The van der Waals surface area contributed by atoms with Gasteiger partial charge in [-0.3, -0.25) is 4.79 Å². The molecule has 0 unspecified atom stereocenters. The average Bonchev–Trinajstić information content (AvgIpc) is 2.36. The summed E-state index contributed by atoms with van der Waals surface area (Å²) in [5, 5.41) is 0. The van der Waals surface area contributed by atoms with Gasteiger partial charge in [0.05, 0.1) is 0 Å². The minimum Gasteiger partial charge on any atom is -0.406 e. The van der Waals surface area contributed by atoms with Crippen LogP contribution in [0, 0.1) is 13.8 Å². The maximum atomic E-state index is 12.2. The van der Waals surface area contributed by atoms with Gasteiger partial charge in [-0.1, -0.05) is 12.1 Å². The van der Waals surface area contributed by atoms with E-state index < -0.39 is 6.36 Å². The molecule has 0 heterocycles. The van der Waals surface area contributed by atoms with E-state index in [0.29, 0.717) is 11.1 Å². The highest BCUT2D eigenvalue weighted by Crippen LogP contribution is 2.30. The molecular weight excluding hydrogens is 281 g/mol. The fourth-order valence-corrected chi connectivity index (χ4v) is 2.19. The van der Waals surface area contributed by atoms with Crippen LogP contribution in [-0.4, -0.2) is 12.6 Å². The monoisotopic (exact) mass is 294 g/mol. The second-order valence-corrected chi connectivity index (χ2v) is 4.77. The van der Waals surface area contributed by atoms with Crippen molar-refractivity contribution < 1.29 is 22.7 Å². The highest BCUT2D eigenvalue weighted by atomic mass is 19.4. The van der Waals surface area contributed by atoms with Crippen molar-refractivity contribution >= 4 is 6.29 Å². The number of hydrogen-bond donors (Lipinski definition) is 0. The Morgan fingerprint density at radius 2 is 1.76 bits per heavy atom. The third-order valence-corrected chi connectivity index (χ3v) is 2.98. The van der Waals surface area contributed by atoms with E-state index in [4.69, 9.17) is 0 Å². The van der Waals surface area contributed by atoms with Gasteiger partial charge in [0.1, 0.15) is 12.0 Å². The fourth-order valence-electron chi connectivity index (χ4n) is 2.19. The Morgan fingerprint density at radius 1 is 1.05 bits per heavy atom. The number of benzene rings is 2. The third-order valence-electron chi connectivity index (χ3n) is 2.98. The van der Waals surface area contributed by atoms with Gasteiger partial charge in [0.25, 0.3) is 0 Å². The number of carbonyl (C=O) groups is 1. The molecule has 2 rings (SSSR count). The lowest BCUT2D eigenvalue weighted by atomic mass is 9.97. The van der Waals surface area contributed by atoms with Gasteiger partial charge in [0, 0.05) is 5.56 Å². The molecule has 110 valence electrons. The topological polar surface area (TPSA) is 26.3 Å². The summed E-state index contributed by atoms with van der Waals surface area (Å²) >= 11 is 0. The second-order valence-electron chi connectivity index (χ2n) is 4.77. The first kappa shape index (κ1) is 15.1. The zero-order valence-electron chi connectivity index (χ0n) is 11.5.